The topological polar surface area (TPSA) is 36.9 Å². The number of fused-ring (bicyclic) bond motifs is 1. The normalized spacial score (nSPS) is 15.0. The van der Waals surface area contributed by atoms with Crippen molar-refractivity contribution in [1.29, 1.82) is 0 Å². The van der Waals surface area contributed by atoms with E-state index >= 15 is 0 Å². The van der Waals surface area contributed by atoms with Gasteiger partial charge in [-0.05, 0) is 136 Å². The van der Waals surface area contributed by atoms with Crippen molar-refractivity contribution < 1.29 is 18.9 Å². The van der Waals surface area contributed by atoms with Crippen molar-refractivity contribution >= 4 is 12.2 Å². The monoisotopic (exact) mass is 867 g/mol. The Labute approximate surface area is 390 Å². The lowest BCUT2D eigenvalue weighted by molar-refractivity contribution is -0.0405. The van der Waals surface area contributed by atoms with Crippen LogP contribution < -0.4 is 9.47 Å². The van der Waals surface area contributed by atoms with Crippen LogP contribution in [0.4, 0.5) is 0 Å². The van der Waals surface area contributed by atoms with Gasteiger partial charge < -0.3 is 18.9 Å². The maximum Gasteiger partial charge on any atom is 0.120 e. The highest BCUT2D eigenvalue weighted by molar-refractivity contribution is 5.61. The van der Waals surface area contributed by atoms with Crippen LogP contribution in [-0.4, -0.2) is 35.6 Å². The molecule has 0 amide bonds. The van der Waals surface area contributed by atoms with Crippen LogP contribution in [0.3, 0.4) is 0 Å². The van der Waals surface area contributed by atoms with Crippen LogP contribution in [0.5, 0.6) is 11.5 Å². The first-order chi connectivity index (χ1) is 31.0. The largest absolute Gasteiger partial charge is 0.488 e. The van der Waals surface area contributed by atoms with Gasteiger partial charge in [-0.15, -0.1) is 0 Å². The predicted molar refractivity (Wildman–Crippen MR) is 271 cm³/mol. The molecule has 0 aromatic heterocycles. The highest BCUT2D eigenvalue weighted by Gasteiger charge is 2.47. The van der Waals surface area contributed by atoms with Crippen LogP contribution in [-0.2, 0) is 27.7 Å². The van der Waals surface area contributed by atoms with Crippen LogP contribution in [0.1, 0.15) is 131 Å². The van der Waals surface area contributed by atoms with Crippen molar-refractivity contribution in [1.82, 2.24) is 0 Å². The SMILES string of the molecule is C=Cc1ccc(CC(C)(C)OCCC(C)(C)Oc2ccc(C3(c4ccc(OC(C)(C)CCOC(C)(C)Cc5ccc(C=C)cc5)cc4)CC(c4ccccc4)c4ccccc43)cc2)cc1. The Morgan fingerprint density at radius 3 is 1.34 bits per heavy atom. The fourth-order valence-electron chi connectivity index (χ4n) is 9.54. The highest BCUT2D eigenvalue weighted by Crippen LogP contribution is 2.56. The van der Waals surface area contributed by atoms with E-state index < -0.39 is 16.6 Å². The Morgan fingerprint density at radius 2 is 0.908 bits per heavy atom. The lowest BCUT2D eigenvalue weighted by atomic mass is 9.69. The van der Waals surface area contributed by atoms with E-state index in [4.69, 9.17) is 18.9 Å². The first-order valence-corrected chi connectivity index (χ1v) is 23.4. The van der Waals surface area contributed by atoms with Gasteiger partial charge in [0.25, 0.3) is 0 Å². The van der Waals surface area contributed by atoms with E-state index in [0.717, 1.165) is 54.7 Å². The van der Waals surface area contributed by atoms with E-state index in [1.807, 2.05) is 12.2 Å². The fraction of sp³-hybridized carbons (Fsp3) is 0.344. The van der Waals surface area contributed by atoms with Crippen LogP contribution in [0, 0.1) is 0 Å². The molecule has 338 valence electrons. The van der Waals surface area contributed by atoms with Crippen molar-refractivity contribution in [2.45, 2.75) is 121 Å². The van der Waals surface area contributed by atoms with Crippen molar-refractivity contribution in [3.8, 4) is 11.5 Å². The lowest BCUT2D eigenvalue weighted by Crippen LogP contribution is -2.34. The molecule has 1 atom stereocenters. The molecule has 0 N–H and O–H groups in total. The average Bonchev–Trinajstić information content (AvgIpc) is 3.63. The number of rotatable bonds is 21. The Bertz CT molecular complexity index is 2340. The number of hydrogen-bond donors (Lipinski definition) is 0. The van der Waals surface area contributed by atoms with E-state index in [1.165, 1.54) is 38.9 Å². The zero-order valence-electron chi connectivity index (χ0n) is 40.2. The Balaban J connectivity index is 1.06. The van der Waals surface area contributed by atoms with Gasteiger partial charge in [0.2, 0.25) is 0 Å². The van der Waals surface area contributed by atoms with Crippen LogP contribution >= 0.6 is 0 Å². The Kier molecular flexibility index (Phi) is 14.4. The van der Waals surface area contributed by atoms with Crippen LogP contribution in [0.15, 0.2) is 165 Å². The van der Waals surface area contributed by atoms with Gasteiger partial charge in [-0.2, -0.15) is 0 Å². The quantitative estimate of drug-likeness (QED) is 0.0722. The number of hydrogen-bond acceptors (Lipinski definition) is 4. The maximum atomic E-state index is 6.70. The van der Waals surface area contributed by atoms with Crippen molar-refractivity contribution in [2.75, 3.05) is 13.2 Å². The third kappa shape index (κ3) is 12.0. The molecule has 1 aliphatic carbocycles. The first kappa shape index (κ1) is 47.3. The molecule has 1 unspecified atom stereocenters. The van der Waals surface area contributed by atoms with E-state index in [0.29, 0.717) is 13.2 Å². The van der Waals surface area contributed by atoms with Crippen molar-refractivity contribution in [3.63, 3.8) is 0 Å². The molecule has 0 radical (unpaired) electrons. The molecule has 4 nitrogen and oxygen atoms in total. The lowest BCUT2D eigenvalue weighted by Gasteiger charge is -2.34. The van der Waals surface area contributed by atoms with Gasteiger partial charge in [-0.1, -0.05) is 153 Å². The summed E-state index contributed by atoms with van der Waals surface area (Å²) in [5.41, 5.74) is 9.42. The molecule has 0 aliphatic heterocycles. The van der Waals surface area contributed by atoms with Crippen LogP contribution in [0.25, 0.3) is 12.2 Å². The first-order valence-electron chi connectivity index (χ1n) is 23.4. The molecule has 0 saturated heterocycles. The summed E-state index contributed by atoms with van der Waals surface area (Å²) in [5.74, 6) is 1.94. The maximum absolute atomic E-state index is 6.70. The molecule has 0 bridgehead atoms. The zero-order valence-corrected chi connectivity index (χ0v) is 40.2. The molecule has 65 heavy (non-hydrogen) atoms. The summed E-state index contributed by atoms with van der Waals surface area (Å²) in [6.07, 6.45) is 7.83. The minimum atomic E-state index is -0.427. The summed E-state index contributed by atoms with van der Waals surface area (Å²) in [7, 11) is 0. The van der Waals surface area contributed by atoms with Gasteiger partial charge in [0.05, 0.1) is 24.4 Å². The Hall–Kier alpha value is -5.68. The second-order valence-corrected chi connectivity index (χ2v) is 20.4. The van der Waals surface area contributed by atoms with Crippen molar-refractivity contribution in [2.24, 2.45) is 0 Å². The van der Waals surface area contributed by atoms with Crippen molar-refractivity contribution in [3.05, 3.63) is 215 Å². The minimum absolute atomic E-state index is 0.239. The smallest absolute Gasteiger partial charge is 0.120 e. The third-order valence-corrected chi connectivity index (χ3v) is 13.1. The molecular weight excluding hydrogens is 797 g/mol. The standard InChI is InChI=1S/C61H70O4/c1-11-45-22-26-47(27-23-45)42-59(7,8)62-40-38-57(3,4)64-52-34-30-50(31-35-52)61(44-55(49-18-14-13-15-19-49)54-20-16-17-21-56(54)61)51-32-36-53(37-33-51)65-58(5,6)39-41-63-60(9,10)43-48-28-24-46(12-2)25-29-48/h11-37,55H,1-2,38-44H2,3-10H3. The van der Waals surface area contributed by atoms with E-state index in [1.54, 1.807) is 0 Å². The number of benzene rings is 6. The summed E-state index contributed by atoms with van der Waals surface area (Å²) in [6, 6.07) is 54.7. The third-order valence-electron chi connectivity index (χ3n) is 13.1. The minimum Gasteiger partial charge on any atom is -0.488 e. The summed E-state index contributed by atoms with van der Waals surface area (Å²) in [6.45, 7) is 26.2. The number of ether oxygens (including phenoxy) is 4. The molecule has 0 spiro atoms. The van der Waals surface area contributed by atoms with Crippen LogP contribution in [0.2, 0.25) is 0 Å². The van der Waals surface area contributed by atoms with Gasteiger partial charge in [0.15, 0.2) is 0 Å². The van der Waals surface area contributed by atoms with Gasteiger partial charge >= 0.3 is 0 Å². The van der Waals surface area contributed by atoms with E-state index in [2.05, 4.69) is 220 Å². The van der Waals surface area contributed by atoms with Gasteiger partial charge in [-0.3, -0.25) is 0 Å². The molecule has 0 heterocycles. The molecule has 0 fully saturated rings. The predicted octanol–water partition coefficient (Wildman–Crippen LogP) is 15.0. The van der Waals surface area contributed by atoms with Gasteiger partial charge in [-0.25, -0.2) is 0 Å². The zero-order chi connectivity index (χ0) is 46.3. The molecule has 6 aromatic carbocycles. The molecule has 6 aromatic rings. The summed E-state index contributed by atoms with van der Waals surface area (Å²) in [4.78, 5) is 0. The summed E-state index contributed by atoms with van der Waals surface area (Å²) in [5, 5.41) is 0. The molecule has 1 aliphatic rings. The second-order valence-electron chi connectivity index (χ2n) is 20.4. The summed E-state index contributed by atoms with van der Waals surface area (Å²) >= 11 is 0. The molecular formula is C61H70O4. The molecule has 7 rings (SSSR count). The second kappa shape index (κ2) is 19.8. The summed E-state index contributed by atoms with van der Waals surface area (Å²) < 4.78 is 26.3. The fourth-order valence-corrected chi connectivity index (χ4v) is 9.54. The molecule has 0 saturated carbocycles. The highest BCUT2D eigenvalue weighted by atomic mass is 16.5. The average molecular weight is 867 g/mol. The van der Waals surface area contributed by atoms with Gasteiger partial charge in [0.1, 0.15) is 22.7 Å². The van der Waals surface area contributed by atoms with E-state index in [-0.39, 0.29) is 17.1 Å². The van der Waals surface area contributed by atoms with Gasteiger partial charge in [0, 0.05) is 37.0 Å². The molecule has 4 heteroatoms. The Morgan fingerprint density at radius 1 is 0.492 bits per heavy atom. The van der Waals surface area contributed by atoms with E-state index in [9.17, 15) is 0 Å².